The van der Waals surface area contributed by atoms with E-state index in [0.29, 0.717) is 6.42 Å². The Labute approximate surface area is 159 Å². The van der Waals surface area contributed by atoms with E-state index >= 15 is 0 Å². The van der Waals surface area contributed by atoms with Crippen LogP contribution in [0, 0.1) is 12.3 Å². The molecule has 0 aromatic heterocycles. The topological polar surface area (TPSA) is 35.5 Å². The summed E-state index contributed by atoms with van der Waals surface area (Å²) in [6, 6.07) is 18.7. The fraction of sp³-hybridized carbons (Fsp3) is 0.292. The highest BCUT2D eigenvalue weighted by Crippen LogP contribution is 2.39. The van der Waals surface area contributed by atoms with E-state index < -0.39 is 5.41 Å². The number of hydrogen-bond donors (Lipinski definition) is 0. The van der Waals surface area contributed by atoms with Crippen molar-refractivity contribution in [1.82, 2.24) is 0 Å². The summed E-state index contributed by atoms with van der Waals surface area (Å²) in [7, 11) is 1.46. The zero-order chi connectivity index (χ0) is 19.0. The van der Waals surface area contributed by atoms with Crippen molar-refractivity contribution in [1.29, 1.82) is 0 Å². The molecule has 0 amide bonds. The van der Waals surface area contributed by atoms with Crippen LogP contribution in [-0.2, 0) is 22.4 Å². The van der Waals surface area contributed by atoms with Crippen molar-refractivity contribution in [3.63, 3.8) is 0 Å². The zero-order valence-electron chi connectivity index (χ0n) is 16.0. The van der Waals surface area contributed by atoms with Gasteiger partial charge in [0.25, 0.3) is 0 Å². The number of carbonyl (C=O) groups excluding carboxylic acids is 1. The number of aryl methyl sites for hydroxylation is 2. The minimum atomic E-state index is -0.461. The van der Waals surface area contributed by atoms with Crippen LogP contribution in [-0.4, -0.2) is 13.1 Å². The molecule has 1 atom stereocenters. The first-order valence-corrected chi connectivity index (χ1v) is 9.36. The van der Waals surface area contributed by atoms with Crippen molar-refractivity contribution in [3.05, 3.63) is 71.3 Å². The van der Waals surface area contributed by atoms with Crippen molar-refractivity contribution in [2.24, 2.45) is 5.41 Å². The smallest absolute Gasteiger partial charge is 0.311 e. The molecule has 0 radical (unpaired) electrons. The molecule has 0 saturated heterocycles. The lowest BCUT2D eigenvalue weighted by molar-refractivity contribution is -0.152. The molecule has 3 aromatic rings. The number of esters is 1. The minimum Gasteiger partial charge on any atom is -0.469 e. The van der Waals surface area contributed by atoms with E-state index in [1.807, 2.05) is 25.1 Å². The molecule has 1 aliphatic carbocycles. The Morgan fingerprint density at radius 3 is 2.70 bits per heavy atom. The number of benzene rings is 3. The van der Waals surface area contributed by atoms with E-state index in [0.717, 1.165) is 35.1 Å². The van der Waals surface area contributed by atoms with Crippen LogP contribution in [0.5, 0.6) is 11.5 Å². The van der Waals surface area contributed by atoms with Crippen LogP contribution in [0.25, 0.3) is 10.8 Å². The molecule has 27 heavy (non-hydrogen) atoms. The third kappa shape index (κ3) is 3.30. The van der Waals surface area contributed by atoms with Crippen LogP contribution in [0.4, 0.5) is 0 Å². The van der Waals surface area contributed by atoms with Crippen LogP contribution in [0.2, 0.25) is 0 Å². The third-order valence-corrected chi connectivity index (χ3v) is 5.61. The normalized spacial score (nSPS) is 18.8. The molecule has 0 aliphatic heterocycles. The van der Waals surface area contributed by atoms with E-state index in [1.165, 1.54) is 23.8 Å². The van der Waals surface area contributed by atoms with Crippen LogP contribution in [0.1, 0.15) is 30.0 Å². The van der Waals surface area contributed by atoms with E-state index in [-0.39, 0.29) is 5.97 Å². The van der Waals surface area contributed by atoms with Crippen molar-refractivity contribution in [3.8, 4) is 11.5 Å². The van der Waals surface area contributed by atoms with Gasteiger partial charge in [0.1, 0.15) is 11.5 Å². The van der Waals surface area contributed by atoms with E-state index in [1.54, 1.807) is 0 Å². The van der Waals surface area contributed by atoms with Crippen LogP contribution in [0.15, 0.2) is 54.6 Å². The molecule has 0 spiro atoms. The zero-order valence-corrected chi connectivity index (χ0v) is 16.0. The maximum Gasteiger partial charge on any atom is 0.311 e. The van der Waals surface area contributed by atoms with Crippen LogP contribution < -0.4 is 4.74 Å². The second kappa shape index (κ2) is 6.73. The first kappa shape index (κ1) is 17.6. The average Bonchev–Trinajstić information content (AvgIpc) is 2.67. The highest BCUT2D eigenvalue weighted by atomic mass is 16.5. The summed E-state index contributed by atoms with van der Waals surface area (Å²) in [6.07, 6.45) is 2.38. The summed E-state index contributed by atoms with van der Waals surface area (Å²) < 4.78 is 11.3. The standard InChI is InChI=1S/C24H24O3/c1-16-7-8-18-5-4-6-22(21(18)13-16)27-20-10-9-17-11-12-24(2,23(25)26-3)15-19(17)14-20/h4-10,13-14H,11-12,15H2,1-3H3. The third-order valence-electron chi connectivity index (χ3n) is 5.61. The van der Waals surface area contributed by atoms with Crippen LogP contribution in [0.3, 0.4) is 0 Å². The Morgan fingerprint density at radius 2 is 1.89 bits per heavy atom. The monoisotopic (exact) mass is 360 g/mol. The quantitative estimate of drug-likeness (QED) is 0.570. The number of ether oxygens (including phenoxy) is 2. The molecule has 3 heteroatoms. The van der Waals surface area contributed by atoms with Crippen molar-refractivity contribution in [2.45, 2.75) is 33.1 Å². The molecule has 1 aliphatic rings. The van der Waals surface area contributed by atoms with E-state index in [9.17, 15) is 4.79 Å². The van der Waals surface area contributed by atoms with E-state index in [4.69, 9.17) is 9.47 Å². The van der Waals surface area contributed by atoms with Gasteiger partial charge < -0.3 is 9.47 Å². The van der Waals surface area contributed by atoms with Gasteiger partial charge in [0.05, 0.1) is 12.5 Å². The molecule has 0 heterocycles. The number of fused-ring (bicyclic) bond motifs is 2. The fourth-order valence-corrected chi connectivity index (χ4v) is 3.99. The summed E-state index contributed by atoms with van der Waals surface area (Å²) in [5.41, 5.74) is 3.20. The largest absolute Gasteiger partial charge is 0.469 e. The fourth-order valence-electron chi connectivity index (χ4n) is 3.99. The molecule has 3 nitrogen and oxygen atoms in total. The predicted molar refractivity (Wildman–Crippen MR) is 107 cm³/mol. The first-order chi connectivity index (χ1) is 13.0. The molecule has 0 N–H and O–H groups in total. The minimum absolute atomic E-state index is 0.135. The van der Waals surface area contributed by atoms with Gasteiger partial charge in [-0.1, -0.05) is 35.9 Å². The second-order valence-corrected chi connectivity index (χ2v) is 7.74. The lowest BCUT2D eigenvalue weighted by Crippen LogP contribution is -2.35. The Balaban J connectivity index is 1.67. The maximum atomic E-state index is 12.2. The van der Waals surface area contributed by atoms with Gasteiger partial charge in [0, 0.05) is 5.39 Å². The van der Waals surface area contributed by atoms with Crippen molar-refractivity contribution in [2.75, 3.05) is 7.11 Å². The molecule has 0 fully saturated rings. The molecule has 0 bridgehead atoms. The number of carbonyl (C=O) groups is 1. The summed E-state index contributed by atoms with van der Waals surface area (Å²) in [5.74, 6) is 1.52. The summed E-state index contributed by atoms with van der Waals surface area (Å²) >= 11 is 0. The van der Waals surface area contributed by atoms with Crippen LogP contribution >= 0.6 is 0 Å². The molecular weight excluding hydrogens is 336 g/mol. The summed E-state index contributed by atoms with van der Waals surface area (Å²) in [5, 5.41) is 2.27. The highest BCUT2D eigenvalue weighted by Gasteiger charge is 2.37. The Morgan fingerprint density at radius 1 is 1.04 bits per heavy atom. The molecule has 1 unspecified atom stereocenters. The Hall–Kier alpha value is -2.81. The van der Waals surface area contributed by atoms with Gasteiger partial charge in [0.2, 0.25) is 0 Å². The average molecular weight is 360 g/mol. The SMILES string of the molecule is COC(=O)C1(C)CCc2ccc(Oc3cccc4ccc(C)cc34)cc2C1. The molecule has 3 aromatic carbocycles. The second-order valence-electron chi connectivity index (χ2n) is 7.74. The van der Waals surface area contributed by atoms with Gasteiger partial charge in [-0.3, -0.25) is 4.79 Å². The van der Waals surface area contributed by atoms with Crippen molar-refractivity contribution >= 4 is 16.7 Å². The first-order valence-electron chi connectivity index (χ1n) is 9.36. The number of methoxy groups -OCH3 is 1. The predicted octanol–water partition coefficient (Wildman–Crippen LogP) is 5.61. The number of hydrogen-bond acceptors (Lipinski definition) is 3. The molecule has 4 rings (SSSR count). The number of rotatable bonds is 3. The lowest BCUT2D eigenvalue weighted by Gasteiger charge is -2.32. The van der Waals surface area contributed by atoms with Crippen molar-refractivity contribution < 1.29 is 14.3 Å². The maximum absolute atomic E-state index is 12.2. The molecular formula is C24H24O3. The molecule has 138 valence electrons. The highest BCUT2D eigenvalue weighted by molar-refractivity contribution is 5.89. The summed E-state index contributed by atoms with van der Waals surface area (Å²) in [6.45, 7) is 4.07. The van der Waals surface area contributed by atoms with Gasteiger partial charge in [0.15, 0.2) is 0 Å². The van der Waals surface area contributed by atoms with Gasteiger partial charge in [-0.05, 0) is 73.9 Å². The lowest BCUT2D eigenvalue weighted by atomic mass is 9.73. The van der Waals surface area contributed by atoms with Gasteiger partial charge in [-0.2, -0.15) is 0 Å². The van der Waals surface area contributed by atoms with Gasteiger partial charge in [-0.15, -0.1) is 0 Å². The van der Waals surface area contributed by atoms with E-state index in [2.05, 4.69) is 43.3 Å². The van der Waals surface area contributed by atoms with Gasteiger partial charge in [-0.25, -0.2) is 0 Å². The van der Waals surface area contributed by atoms with Gasteiger partial charge >= 0.3 is 5.97 Å². The Bertz CT molecular complexity index is 1020. The Kier molecular flexibility index (Phi) is 4.39. The summed E-state index contributed by atoms with van der Waals surface area (Å²) in [4.78, 5) is 12.2. The molecule has 0 saturated carbocycles.